The number of nitrogens with one attached hydrogen (secondary N) is 3. The largest absolute Gasteiger partial charge is 0.494 e. The molecule has 3 atom stereocenters. The Labute approximate surface area is 541 Å². The molecule has 1 aliphatic rings. The van der Waals surface area contributed by atoms with Gasteiger partial charge in [0.25, 0.3) is 0 Å². The van der Waals surface area contributed by atoms with Gasteiger partial charge in [-0.1, -0.05) is 166 Å². The number of benzene rings is 3. The minimum atomic E-state index is -0.906. The van der Waals surface area contributed by atoms with Gasteiger partial charge in [-0.15, -0.1) is 11.3 Å². The van der Waals surface area contributed by atoms with Crippen LogP contribution in [0.15, 0.2) is 213 Å². The first kappa shape index (κ1) is 72.6. The highest BCUT2D eigenvalue weighted by Crippen LogP contribution is 2.42. The van der Waals surface area contributed by atoms with Crippen molar-refractivity contribution in [1.82, 2.24) is 16.0 Å². The summed E-state index contributed by atoms with van der Waals surface area (Å²) in [4.78, 5) is 67.5. The van der Waals surface area contributed by atoms with Crippen molar-refractivity contribution in [2.75, 3.05) is 13.2 Å². The molecule has 1 fully saturated rings. The summed E-state index contributed by atoms with van der Waals surface area (Å²) >= 11 is 1.36. The standard InChI is InChI=1S/C78H97N3O8S/c1-5-7-9-11-13-15-17-19-21-23-25-27-29-31-33-35-37-39-41-46-72(82)80-62(3)77(85)88-68-54-50-65(51-55-68)76-74(75(84)64-48-52-67(53-49-64)87-60-58-66-45-43-44-59-79-66)70-57-56-69(61-71(70)90-76)89-78(86)63(4)81-73(83)47-42-40-38-36-34-32-30-28-26-24-22-20-18-16-14-12-10-8-6-2/h7-10,13-16,19-22,25-28,31-34,37-40,48-57,61-63,66,79H,5-6,11-12,17-18,23-24,29-30,35-36,41-47,58-60H2,1-4H3,(H,80,82)(H,81,83)/b9-7-,10-8-,15-13-,16-14-,21-19-,22-20-,27-25-,28-26-,33-31-,34-32-,39-37-,40-38-/t62-,63-,66?/m0/s1. The number of thiophene rings is 1. The number of hydrogen-bond donors (Lipinski definition) is 3. The fraction of sp³-hybridized carbons (Fsp3) is 0.372. The fourth-order valence-corrected chi connectivity index (χ4v) is 10.7. The quantitative estimate of drug-likeness (QED) is 0.0171. The molecule has 5 rings (SSSR count). The summed E-state index contributed by atoms with van der Waals surface area (Å²) in [6.45, 7) is 9.06. The van der Waals surface area contributed by atoms with Gasteiger partial charge in [0.2, 0.25) is 11.8 Å². The number of rotatable bonds is 41. The molecule has 478 valence electrons. The molecule has 1 unspecified atom stereocenters. The van der Waals surface area contributed by atoms with Crippen LogP contribution in [0.25, 0.3) is 20.5 Å². The lowest BCUT2D eigenvalue weighted by atomic mass is 9.97. The van der Waals surface area contributed by atoms with Gasteiger partial charge in [-0.05, 0) is 202 Å². The Bertz CT molecular complexity index is 3180. The van der Waals surface area contributed by atoms with Crippen LogP contribution in [0.4, 0.5) is 0 Å². The molecule has 1 saturated heterocycles. The highest BCUT2D eigenvalue weighted by atomic mass is 32.1. The van der Waals surface area contributed by atoms with Gasteiger partial charge >= 0.3 is 11.9 Å². The van der Waals surface area contributed by atoms with E-state index in [4.69, 9.17) is 14.2 Å². The van der Waals surface area contributed by atoms with Gasteiger partial charge in [-0.2, -0.15) is 0 Å². The maximum atomic E-state index is 14.6. The van der Waals surface area contributed by atoms with E-state index in [2.05, 4.69) is 151 Å². The molecule has 2 heterocycles. The van der Waals surface area contributed by atoms with E-state index >= 15 is 0 Å². The number of carbonyl (C=O) groups excluding carboxylic acids is 5. The minimum absolute atomic E-state index is 0.208. The Kier molecular flexibility index (Phi) is 36.4. The van der Waals surface area contributed by atoms with E-state index in [1.807, 2.05) is 36.4 Å². The zero-order valence-corrected chi connectivity index (χ0v) is 54.5. The number of fused-ring (bicyclic) bond motifs is 1. The summed E-state index contributed by atoms with van der Waals surface area (Å²) in [5.41, 5.74) is 1.63. The van der Waals surface area contributed by atoms with Crippen LogP contribution in [-0.4, -0.2) is 60.8 Å². The molecular weight excluding hydrogens is 1140 g/mol. The molecular formula is C78H97N3O8S. The van der Waals surface area contributed by atoms with E-state index < -0.39 is 24.0 Å². The lowest BCUT2D eigenvalue weighted by Gasteiger charge is -2.23. The van der Waals surface area contributed by atoms with E-state index in [1.54, 1.807) is 68.4 Å². The van der Waals surface area contributed by atoms with Crippen molar-refractivity contribution >= 4 is 51.0 Å². The Hall–Kier alpha value is -8.19. The zero-order valence-electron chi connectivity index (χ0n) is 53.7. The smallest absolute Gasteiger partial charge is 0.333 e. The number of ketones is 1. The minimum Gasteiger partial charge on any atom is -0.494 e. The molecule has 12 heteroatoms. The summed E-state index contributed by atoms with van der Waals surface area (Å²) < 4.78 is 18.3. The Morgan fingerprint density at radius 1 is 0.511 bits per heavy atom. The summed E-state index contributed by atoms with van der Waals surface area (Å²) in [6, 6.07) is 17.9. The molecule has 0 aliphatic carbocycles. The molecule has 0 saturated carbocycles. The zero-order chi connectivity index (χ0) is 64.1. The maximum absolute atomic E-state index is 14.6. The van der Waals surface area contributed by atoms with Crippen LogP contribution in [0, 0.1) is 0 Å². The number of hydrogen-bond acceptors (Lipinski definition) is 10. The van der Waals surface area contributed by atoms with Crippen LogP contribution in [-0.2, 0) is 19.2 Å². The fourth-order valence-electron chi connectivity index (χ4n) is 9.44. The lowest BCUT2D eigenvalue weighted by Crippen LogP contribution is -2.40. The average molecular weight is 1240 g/mol. The van der Waals surface area contributed by atoms with Crippen molar-refractivity contribution in [2.24, 2.45) is 0 Å². The molecule has 1 aromatic heterocycles. The molecule has 4 aromatic rings. The SMILES string of the molecule is CC/C=C\C/C=C\C/C=C\C/C=C\C/C=C\C/C=C\CCC(=O)N[C@@H](C)C(=O)Oc1ccc(-c2sc3cc(OC(=O)[C@H](C)NC(=O)CC/C=C\C/C=C\C/C=C\C/C=C\C/C=C\C/C=C\CC)ccc3c2C(=O)c2ccc(OCCC3CCCCN3)cc2)cc1. The molecule has 0 spiro atoms. The summed E-state index contributed by atoms with van der Waals surface area (Å²) in [5.74, 6) is -0.744. The number of carbonyl (C=O) groups is 5. The Morgan fingerprint density at radius 3 is 1.36 bits per heavy atom. The topological polar surface area (TPSA) is 149 Å². The maximum Gasteiger partial charge on any atom is 0.333 e. The van der Waals surface area contributed by atoms with Crippen molar-refractivity contribution in [3.63, 3.8) is 0 Å². The van der Waals surface area contributed by atoms with E-state index in [1.165, 1.54) is 24.2 Å². The monoisotopic (exact) mass is 1240 g/mol. The van der Waals surface area contributed by atoms with E-state index in [9.17, 15) is 24.0 Å². The van der Waals surface area contributed by atoms with Gasteiger partial charge < -0.3 is 30.2 Å². The van der Waals surface area contributed by atoms with Crippen molar-refractivity contribution in [2.45, 2.75) is 174 Å². The Balaban J connectivity index is 1.11. The highest BCUT2D eigenvalue weighted by Gasteiger charge is 2.25. The van der Waals surface area contributed by atoms with Crippen LogP contribution in [0.5, 0.6) is 17.2 Å². The van der Waals surface area contributed by atoms with Crippen molar-refractivity contribution < 1.29 is 38.2 Å². The highest BCUT2D eigenvalue weighted by molar-refractivity contribution is 7.22. The molecule has 0 radical (unpaired) electrons. The summed E-state index contributed by atoms with van der Waals surface area (Å²) in [7, 11) is 0. The molecule has 90 heavy (non-hydrogen) atoms. The Morgan fingerprint density at radius 2 is 0.922 bits per heavy atom. The van der Waals surface area contributed by atoms with Gasteiger partial charge in [0, 0.05) is 45.0 Å². The van der Waals surface area contributed by atoms with Crippen LogP contribution in [0.2, 0.25) is 0 Å². The number of esters is 2. The average Bonchev–Trinajstić information content (AvgIpc) is 1.67. The van der Waals surface area contributed by atoms with Gasteiger partial charge in [0.15, 0.2) is 5.78 Å². The number of ether oxygens (including phenoxy) is 3. The molecule has 1 aliphatic heterocycles. The second kappa shape index (κ2) is 45.1. The number of allylic oxidation sites excluding steroid dienone is 24. The molecule has 3 N–H and O–H groups in total. The first-order valence-electron chi connectivity index (χ1n) is 32.6. The van der Waals surface area contributed by atoms with Gasteiger partial charge in [-0.3, -0.25) is 14.4 Å². The third kappa shape index (κ3) is 29.9. The van der Waals surface area contributed by atoms with Crippen molar-refractivity contribution in [3.8, 4) is 27.7 Å². The normalized spacial score (nSPS) is 15.0. The predicted octanol–water partition coefficient (Wildman–Crippen LogP) is 18.5. The molecule has 2 amide bonds. The second-order valence-electron chi connectivity index (χ2n) is 22.0. The number of amides is 2. The van der Waals surface area contributed by atoms with Gasteiger partial charge in [0.1, 0.15) is 29.3 Å². The van der Waals surface area contributed by atoms with Gasteiger partial charge in [0.05, 0.1) is 6.61 Å². The van der Waals surface area contributed by atoms with Crippen molar-refractivity contribution in [1.29, 1.82) is 0 Å². The van der Waals surface area contributed by atoms with Crippen LogP contribution in [0.3, 0.4) is 0 Å². The lowest BCUT2D eigenvalue weighted by molar-refractivity contribution is -0.139. The van der Waals surface area contributed by atoms with Crippen molar-refractivity contribution in [3.05, 3.63) is 224 Å². The van der Waals surface area contributed by atoms with E-state index in [-0.39, 0.29) is 41.9 Å². The third-order valence-corrected chi connectivity index (χ3v) is 15.6. The van der Waals surface area contributed by atoms with E-state index in [0.29, 0.717) is 62.9 Å². The molecule has 0 bridgehead atoms. The second-order valence-corrected chi connectivity index (χ2v) is 23.0. The van der Waals surface area contributed by atoms with Crippen LogP contribution in [0.1, 0.15) is 172 Å². The van der Waals surface area contributed by atoms with E-state index in [0.717, 1.165) is 96.4 Å². The first-order valence-corrected chi connectivity index (χ1v) is 33.4. The molecule has 3 aromatic carbocycles. The van der Waals surface area contributed by atoms with Crippen LogP contribution < -0.4 is 30.2 Å². The van der Waals surface area contributed by atoms with Gasteiger partial charge in [-0.25, -0.2) is 9.59 Å². The number of piperidine rings is 1. The van der Waals surface area contributed by atoms with Crippen LogP contribution >= 0.6 is 11.3 Å². The first-order chi connectivity index (χ1) is 44.1. The third-order valence-electron chi connectivity index (χ3n) is 14.4. The predicted molar refractivity (Wildman–Crippen MR) is 374 cm³/mol. The summed E-state index contributed by atoms with van der Waals surface area (Å²) in [6.07, 6.45) is 68.5. The summed E-state index contributed by atoms with van der Waals surface area (Å²) in [5, 5.41) is 9.73. The molecule has 11 nitrogen and oxygen atoms in total.